The highest BCUT2D eigenvalue weighted by Crippen LogP contribution is 2.43. The molecule has 9 nitrogen and oxygen atoms in total. The molecule has 10 heteroatoms. The van der Waals surface area contributed by atoms with Crippen LogP contribution in [0.1, 0.15) is 31.5 Å². The molecule has 2 fully saturated rings. The Hall–Kier alpha value is -1.39. The maximum absolute atomic E-state index is 12.2. The van der Waals surface area contributed by atoms with E-state index in [4.69, 9.17) is 21.9 Å². The largest absolute Gasteiger partial charge is 0.387 e. The van der Waals surface area contributed by atoms with Crippen molar-refractivity contribution >= 4 is 24.1 Å². The van der Waals surface area contributed by atoms with E-state index in [2.05, 4.69) is 4.98 Å². The van der Waals surface area contributed by atoms with Gasteiger partial charge in [-0.2, -0.15) is 0 Å². The number of rotatable bonds is 4. The minimum absolute atomic E-state index is 0. The first-order chi connectivity index (χ1) is 10.9. The first-order valence-electron chi connectivity index (χ1n) is 7.74. The van der Waals surface area contributed by atoms with Crippen molar-refractivity contribution in [3.05, 3.63) is 12.0 Å². The molecule has 136 valence electrons. The molecule has 1 aromatic rings. The molecule has 0 aromatic carbocycles. The van der Waals surface area contributed by atoms with Gasteiger partial charge in [0.25, 0.3) is 0 Å². The highest BCUT2D eigenvalue weighted by atomic mass is 35.5. The third-order valence-corrected chi connectivity index (χ3v) is 5.10. The third-order valence-electron chi connectivity index (χ3n) is 5.10. The number of nitrogen functional groups attached to an aromatic ring is 1. The number of hydrogen-bond donors (Lipinski definition) is 5. The van der Waals surface area contributed by atoms with Crippen molar-refractivity contribution in [1.29, 1.82) is 0 Å². The molecule has 8 N–H and O–H groups in total. The summed E-state index contributed by atoms with van der Waals surface area (Å²) in [5.41, 5.74) is 14.3. The number of anilines is 1. The van der Waals surface area contributed by atoms with Crippen LogP contribution in [-0.4, -0.2) is 51.0 Å². The van der Waals surface area contributed by atoms with Gasteiger partial charge in [0.1, 0.15) is 29.4 Å². The number of imidazole rings is 1. The molecule has 1 aromatic heterocycles. The van der Waals surface area contributed by atoms with Gasteiger partial charge < -0.3 is 36.7 Å². The summed E-state index contributed by atoms with van der Waals surface area (Å²) in [7, 11) is 0. The lowest BCUT2D eigenvalue weighted by molar-refractivity contribution is -0.128. The molecular formula is C14H24ClN5O4. The van der Waals surface area contributed by atoms with Crippen LogP contribution in [0, 0.1) is 0 Å². The molecule has 0 bridgehead atoms. The molecule has 3 atom stereocenters. The molecule has 1 saturated carbocycles. The van der Waals surface area contributed by atoms with Crippen LogP contribution in [0.3, 0.4) is 0 Å². The second-order valence-electron chi connectivity index (χ2n) is 6.36. The molecule has 1 saturated heterocycles. The second kappa shape index (κ2) is 6.49. The van der Waals surface area contributed by atoms with Crippen LogP contribution in [0.4, 0.5) is 5.82 Å². The van der Waals surface area contributed by atoms with Crippen LogP contribution in [0.25, 0.3) is 0 Å². The van der Waals surface area contributed by atoms with Crippen LogP contribution >= 0.6 is 12.4 Å². The van der Waals surface area contributed by atoms with E-state index in [-0.39, 0.29) is 37.2 Å². The quantitative estimate of drug-likeness (QED) is 0.437. The maximum atomic E-state index is 12.2. The highest BCUT2D eigenvalue weighted by molar-refractivity contribution is 5.85. The number of nitrogens with two attached hydrogens (primary N) is 3. The van der Waals surface area contributed by atoms with Gasteiger partial charge in [0.15, 0.2) is 5.60 Å². The Bertz CT molecular complexity index is 618. The van der Waals surface area contributed by atoms with Crippen molar-refractivity contribution in [3.8, 4) is 0 Å². The lowest BCUT2D eigenvalue weighted by Gasteiger charge is -2.35. The van der Waals surface area contributed by atoms with E-state index in [0.717, 1.165) is 12.8 Å². The minimum atomic E-state index is -1.84. The fourth-order valence-electron chi connectivity index (χ4n) is 3.79. The zero-order valence-electron chi connectivity index (χ0n) is 13.2. The van der Waals surface area contributed by atoms with Crippen LogP contribution in [-0.2, 0) is 20.7 Å². The minimum Gasteiger partial charge on any atom is -0.387 e. The fourth-order valence-corrected chi connectivity index (χ4v) is 3.79. The fraction of sp³-hybridized carbons (Fsp3) is 0.714. The molecular weight excluding hydrogens is 338 g/mol. The van der Waals surface area contributed by atoms with Gasteiger partial charge in [-0.15, -0.1) is 12.4 Å². The van der Waals surface area contributed by atoms with Crippen LogP contribution in [0.5, 0.6) is 0 Å². The Labute approximate surface area is 145 Å². The number of aromatic nitrogens is 2. The van der Waals surface area contributed by atoms with E-state index in [0.29, 0.717) is 12.8 Å². The number of nitrogens with zero attached hydrogens (tertiary/aromatic N) is 2. The number of carbonyl (C=O) groups is 1. The number of ether oxygens (including phenoxy) is 1. The molecule has 0 spiro atoms. The van der Waals surface area contributed by atoms with Crippen LogP contribution < -0.4 is 17.2 Å². The van der Waals surface area contributed by atoms with Crippen molar-refractivity contribution in [2.75, 3.05) is 18.9 Å². The van der Waals surface area contributed by atoms with E-state index < -0.39 is 29.3 Å². The van der Waals surface area contributed by atoms with Gasteiger partial charge in [-0.05, 0) is 12.8 Å². The van der Waals surface area contributed by atoms with Crippen molar-refractivity contribution in [2.24, 2.45) is 11.5 Å². The molecule has 1 aliphatic heterocycles. The topological polar surface area (TPSA) is 163 Å². The Morgan fingerprint density at radius 2 is 2.08 bits per heavy atom. The highest BCUT2D eigenvalue weighted by Gasteiger charge is 2.56. The monoisotopic (exact) mass is 361 g/mol. The van der Waals surface area contributed by atoms with Crippen molar-refractivity contribution in [2.45, 2.75) is 49.0 Å². The summed E-state index contributed by atoms with van der Waals surface area (Å²) in [5.74, 6) is -0.290. The Balaban J connectivity index is 0.00000208. The van der Waals surface area contributed by atoms with Gasteiger partial charge in [0.2, 0.25) is 5.91 Å². The number of aliphatic hydroxyl groups is 2. The van der Waals surface area contributed by atoms with Gasteiger partial charge in [-0.3, -0.25) is 4.79 Å². The Morgan fingerprint density at radius 1 is 1.46 bits per heavy atom. The first-order valence-corrected chi connectivity index (χ1v) is 7.74. The summed E-state index contributed by atoms with van der Waals surface area (Å²) in [6, 6.07) is 0. The smallest absolute Gasteiger partial charge is 0.243 e. The van der Waals surface area contributed by atoms with E-state index >= 15 is 0 Å². The number of carbonyl (C=O) groups excluding carboxylic acids is 1. The molecule has 0 unspecified atom stereocenters. The summed E-state index contributed by atoms with van der Waals surface area (Å²) >= 11 is 0. The zero-order valence-corrected chi connectivity index (χ0v) is 14.0. The molecule has 24 heavy (non-hydrogen) atoms. The van der Waals surface area contributed by atoms with Gasteiger partial charge in [-0.1, -0.05) is 12.8 Å². The number of hydrogen-bond acceptors (Lipinski definition) is 7. The normalized spacial score (nSPS) is 31.8. The predicted molar refractivity (Wildman–Crippen MR) is 88.2 cm³/mol. The molecule has 2 heterocycles. The standard InChI is InChI=1S/C14H23N5O4.ClH/c15-5-9-14(22,8(20)7-23-9)12-18-10(16)6-19(12)13(11(17)21)3-1-2-4-13;/h6,8-9,20,22H,1-5,7,15-16H2,(H2,17,21);1H/t8-,9+,14+;/m0./s1. The second-order valence-corrected chi connectivity index (χ2v) is 6.36. The average Bonchev–Trinajstić information content (AvgIpc) is 3.19. The summed E-state index contributed by atoms with van der Waals surface area (Å²) in [4.78, 5) is 16.3. The van der Waals surface area contributed by atoms with Crippen molar-refractivity contribution in [3.63, 3.8) is 0 Å². The SMILES string of the molecule is Cl.NC[C@H]1OC[C@H](O)[C@]1(O)c1nc(N)cn1C1(C(N)=O)CCCC1. The summed E-state index contributed by atoms with van der Waals surface area (Å²) in [6.07, 6.45) is 2.16. The van der Waals surface area contributed by atoms with E-state index in [1.807, 2.05) is 0 Å². The Morgan fingerprint density at radius 3 is 2.62 bits per heavy atom. The molecule has 1 amide bonds. The van der Waals surface area contributed by atoms with E-state index in [1.165, 1.54) is 10.8 Å². The van der Waals surface area contributed by atoms with Crippen LogP contribution in [0.2, 0.25) is 0 Å². The van der Waals surface area contributed by atoms with Crippen LogP contribution in [0.15, 0.2) is 6.20 Å². The molecule has 0 radical (unpaired) electrons. The number of aliphatic hydroxyl groups excluding tert-OH is 1. The van der Waals surface area contributed by atoms with Gasteiger partial charge in [0, 0.05) is 12.7 Å². The van der Waals surface area contributed by atoms with Gasteiger partial charge in [-0.25, -0.2) is 4.98 Å². The van der Waals surface area contributed by atoms with E-state index in [9.17, 15) is 15.0 Å². The third kappa shape index (κ3) is 2.47. The number of halogens is 1. The zero-order chi connectivity index (χ0) is 16.8. The molecule has 2 aliphatic rings. The van der Waals surface area contributed by atoms with Crippen molar-refractivity contribution < 1.29 is 19.7 Å². The van der Waals surface area contributed by atoms with E-state index in [1.54, 1.807) is 0 Å². The lowest BCUT2D eigenvalue weighted by Crippen LogP contribution is -2.53. The molecule has 1 aliphatic carbocycles. The average molecular weight is 362 g/mol. The molecule has 3 rings (SSSR count). The number of primary amides is 1. The maximum Gasteiger partial charge on any atom is 0.243 e. The predicted octanol–water partition coefficient (Wildman–Crippen LogP) is -1.45. The lowest BCUT2D eigenvalue weighted by atomic mass is 9.89. The summed E-state index contributed by atoms with van der Waals surface area (Å²) < 4.78 is 6.90. The van der Waals surface area contributed by atoms with Crippen molar-refractivity contribution in [1.82, 2.24) is 9.55 Å². The summed E-state index contributed by atoms with van der Waals surface area (Å²) in [6.45, 7) is -0.0847. The summed E-state index contributed by atoms with van der Waals surface area (Å²) in [5, 5.41) is 21.4. The Kier molecular flexibility index (Phi) is 5.12. The van der Waals surface area contributed by atoms with Gasteiger partial charge >= 0.3 is 0 Å². The number of amides is 1. The first kappa shape index (κ1) is 18.9. The van der Waals surface area contributed by atoms with Gasteiger partial charge in [0.05, 0.1) is 6.61 Å².